The normalized spacial score (nSPS) is 15.2. The van der Waals surface area contributed by atoms with Crippen molar-refractivity contribution in [1.82, 2.24) is 20.2 Å². The fourth-order valence-electron chi connectivity index (χ4n) is 2.35. The van der Waals surface area contributed by atoms with Crippen LogP contribution >= 0.6 is 0 Å². The van der Waals surface area contributed by atoms with Crippen molar-refractivity contribution in [2.45, 2.75) is 19.3 Å². The number of nitrogens with two attached hydrogens (primary N) is 1. The molecule has 0 atom stereocenters. The van der Waals surface area contributed by atoms with Crippen LogP contribution in [-0.2, 0) is 0 Å². The van der Waals surface area contributed by atoms with Crippen molar-refractivity contribution >= 4 is 11.8 Å². The van der Waals surface area contributed by atoms with E-state index in [1.165, 1.54) is 0 Å². The van der Waals surface area contributed by atoms with E-state index in [4.69, 9.17) is 5.73 Å². The van der Waals surface area contributed by atoms with Crippen molar-refractivity contribution in [3.63, 3.8) is 0 Å². The third-order valence-electron chi connectivity index (χ3n) is 3.32. The second-order valence-corrected chi connectivity index (χ2v) is 4.66. The summed E-state index contributed by atoms with van der Waals surface area (Å²) in [5.41, 5.74) is 6.03. The molecule has 1 aliphatic rings. The molecule has 1 saturated heterocycles. The molecule has 0 radical (unpaired) electrons. The van der Waals surface area contributed by atoms with E-state index in [-0.39, 0.29) is 17.2 Å². The van der Waals surface area contributed by atoms with Gasteiger partial charge in [-0.2, -0.15) is 10.1 Å². The average molecular weight is 280 g/mol. The summed E-state index contributed by atoms with van der Waals surface area (Å²) in [7, 11) is 0. The van der Waals surface area contributed by atoms with E-state index in [1.54, 1.807) is 6.07 Å². The second-order valence-electron chi connectivity index (χ2n) is 4.66. The summed E-state index contributed by atoms with van der Waals surface area (Å²) in [4.78, 5) is 10.3. The third kappa shape index (κ3) is 2.28. The van der Waals surface area contributed by atoms with Crippen LogP contribution in [0, 0.1) is 0 Å². The highest BCUT2D eigenvalue weighted by atomic mass is 19.3. The first-order valence-electron chi connectivity index (χ1n) is 6.36. The molecule has 2 aromatic rings. The van der Waals surface area contributed by atoms with Gasteiger partial charge in [-0.15, -0.1) is 0 Å². The molecule has 1 aliphatic heterocycles. The number of anilines is 2. The largest absolute Gasteiger partial charge is 0.368 e. The predicted molar refractivity (Wildman–Crippen MR) is 70.4 cm³/mol. The Hall–Kier alpha value is -2.25. The number of nitrogen functional groups attached to an aromatic ring is 1. The smallest absolute Gasteiger partial charge is 0.267 e. The van der Waals surface area contributed by atoms with Crippen LogP contribution in [0.1, 0.15) is 24.8 Å². The van der Waals surface area contributed by atoms with Crippen molar-refractivity contribution in [2.75, 3.05) is 23.7 Å². The second kappa shape index (κ2) is 5.03. The van der Waals surface area contributed by atoms with Gasteiger partial charge in [0.2, 0.25) is 5.95 Å². The molecule has 6 nitrogen and oxygen atoms in total. The van der Waals surface area contributed by atoms with Gasteiger partial charge in [0.05, 0.1) is 23.1 Å². The topological polar surface area (TPSA) is 83.7 Å². The lowest BCUT2D eigenvalue weighted by molar-refractivity contribution is 0.152. The van der Waals surface area contributed by atoms with Gasteiger partial charge in [-0.1, -0.05) is 0 Å². The lowest BCUT2D eigenvalue weighted by Gasteiger charge is -2.17. The quantitative estimate of drug-likeness (QED) is 0.898. The molecule has 1 fully saturated rings. The Morgan fingerprint density at radius 2 is 2.00 bits per heavy atom. The van der Waals surface area contributed by atoms with Gasteiger partial charge in [0, 0.05) is 19.2 Å². The Bertz CT molecular complexity index is 606. The molecule has 0 aromatic carbocycles. The van der Waals surface area contributed by atoms with Crippen LogP contribution < -0.4 is 10.6 Å². The highest BCUT2D eigenvalue weighted by Gasteiger charge is 2.20. The van der Waals surface area contributed by atoms with E-state index >= 15 is 0 Å². The Morgan fingerprint density at radius 3 is 2.70 bits per heavy atom. The zero-order valence-electron chi connectivity index (χ0n) is 10.7. The first kappa shape index (κ1) is 12.8. The molecule has 0 saturated carbocycles. The zero-order valence-corrected chi connectivity index (χ0v) is 10.7. The number of nitrogens with zero attached hydrogens (tertiary/aromatic N) is 4. The Morgan fingerprint density at radius 1 is 1.25 bits per heavy atom. The molecule has 0 aliphatic carbocycles. The SMILES string of the molecule is Nc1nc(-c2[nH]ncc2C(F)F)cc(N2CCCC2)n1. The number of aromatic nitrogens is 4. The van der Waals surface area contributed by atoms with Gasteiger partial charge in [0.15, 0.2) is 0 Å². The summed E-state index contributed by atoms with van der Waals surface area (Å²) < 4.78 is 25.8. The lowest BCUT2D eigenvalue weighted by Crippen LogP contribution is -2.20. The van der Waals surface area contributed by atoms with E-state index in [9.17, 15) is 8.78 Å². The van der Waals surface area contributed by atoms with Crippen molar-refractivity contribution in [3.05, 3.63) is 17.8 Å². The lowest BCUT2D eigenvalue weighted by atomic mass is 10.2. The summed E-state index contributed by atoms with van der Waals surface area (Å²) in [6.07, 6.45) is 0.667. The van der Waals surface area contributed by atoms with Crippen LogP contribution in [0.5, 0.6) is 0 Å². The van der Waals surface area contributed by atoms with Crippen LogP contribution in [-0.4, -0.2) is 33.3 Å². The fraction of sp³-hybridized carbons (Fsp3) is 0.417. The van der Waals surface area contributed by atoms with Gasteiger partial charge in [-0.25, -0.2) is 13.8 Å². The number of alkyl halides is 2. The van der Waals surface area contributed by atoms with E-state index < -0.39 is 6.43 Å². The number of hydrogen-bond donors (Lipinski definition) is 2. The Labute approximate surface area is 114 Å². The summed E-state index contributed by atoms with van der Waals surface area (Å²) in [6.45, 7) is 1.78. The van der Waals surface area contributed by atoms with Gasteiger partial charge >= 0.3 is 0 Å². The minimum absolute atomic E-state index is 0.0687. The molecular formula is C12H14F2N6. The zero-order chi connectivity index (χ0) is 14.1. The minimum atomic E-state index is -2.62. The Balaban J connectivity index is 2.02. The number of halogens is 2. The molecule has 0 spiro atoms. The van der Waals surface area contributed by atoms with Gasteiger partial charge in [-0.3, -0.25) is 5.10 Å². The first-order valence-corrected chi connectivity index (χ1v) is 6.36. The van der Waals surface area contributed by atoms with Crippen LogP contribution in [0.3, 0.4) is 0 Å². The first-order chi connectivity index (χ1) is 9.65. The van der Waals surface area contributed by atoms with Crippen molar-refractivity contribution in [2.24, 2.45) is 0 Å². The molecule has 8 heteroatoms. The summed E-state index contributed by atoms with van der Waals surface area (Å²) >= 11 is 0. The molecule has 106 valence electrons. The van der Waals surface area contributed by atoms with Crippen LogP contribution in [0.15, 0.2) is 12.3 Å². The van der Waals surface area contributed by atoms with Crippen LogP contribution in [0.2, 0.25) is 0 Å². The molecule has 3 rings (SSSR count). The van der Waals surface area contributed by atoms with Gasteiger partial charge in [0.1, 0.15) is 5.82 Å². The van der Waals surface area contributed by atoms with E-state index in [1.807, 2.05) is 0 Å². The summed E-state index contributed by atoms with van der Waals surface area (Å²) in [6, 6.07) is 1.67. The molecule has 0 amide bonds. The standard InChI is InChI=1S/C12H14F2N6/c13-11(14)7-6-16-19-10(7)8-5-9(18-12(15)17-8)20-3-1-2-4-20/h5-6,11H,1-4H2,(H,16,19)(H2,15,17,18). The number of nitrogens with one attached hydrogen (secondary N) is 1. The van der Waals surface area contributed by atoms with Gasteiger partial charge < -0.3 is 10.6 Å². The predicted octanol–water partition coefficient (Wildman–Crippen LogP) is 1.99. The van der Waals surface area contributed by atoms with Crippen molar-refractivity contribution in [1.29, 1.82) is 0 Å². The molecule has 20 heavy (non-hydrogen) atoms. The number of H-pyrrole nitrogens is 1. The van der Waals surface area contributed by atoms with Crippen molar-refractivity contribution in [3.8, 4) is 11.4 Å². The molecule has 3 heterocycles. The van der Waals surface area contributed by atoms with Gasteiger partial charge in [0.25, 0.3) is 6.43 Å². The van der Waals surface area contributed by atoms with E-state index in [0.717, 1.165) is 32.1 Å². The number of hydrogen-bond acceptors (Lipinski definition) is 5. The summed E-state index contributed by atoms with van der Waals surface area (Å²) in [5, 5.41) is 6.21. The van der Waals surface area contributed by atoms with E-state index in [2.05, 4.69) is 25.1 Å². The molecular weight excluding hydrogens is 266 g/mol. The average Bonchev–Trinajstić information content (AvgIpc) is 3.09. The summed E-state index contributed by atoms with van der Waals surface area (Å²) in [5.74, 6) is 0.735. The number of aromatic amines is 1. The maximum atomic E-state index is 12.9. The fourth-order valence-corrected chi connectivity index (χ4v) is 2.35. The maximum Gasteiger partial charge on any atom is 0.267 e. The van der Waals surface area contributed by atoms with E-state index in [0.29, 0.717) is 11.5 Å². The van der Waals surface area contributed by atoms with Crippen molar-refractivity contribution < 1.29 is 8.78 Å². The van der Waals surface area contributed by atoms with Crippen LogP contribution in [0.25, 0.3) is 11.4 Å². The molecule has 2 aromatic heterocycles. The Kier molecular flexibility index (Phi) is 3.21. The highest BCUT2D eigenvalue weighted by Crippen LogP contribution is 2.30. The third-order valence-corrected chi connectivity index (χ3v) is 3.32. The van der Waals surface area contributed by atoms with Gasteiger partial charge in [-0.05, 0) is 12.8 Å². The molecule has 3 N–H and O–H groups in total. The monoisotopic (exact) mass is 280 g/mol. The number of rotatable bonds is 3. The molecule has 0 bridgehead atoms. The minimum Gasteiger partial charge on any atom is -0.368 e. The maximum absolute atomic E-state index is 12.9. The van der Waals surface area contributed by atoms with Crippen LogP contribution in [0.4, 0.5) is 20.5 Å². The molecule has 0 unspecified atom stereocenters. The highest BCUT2D eigenvalue weighted by molar-refractivity contribution is 5.64.